The van der Waals surface area contributed by atoms with Gasteiger partial charge in [-0.1, -0.05) is 18.6 Å². The SMILES string of the molecule is O=C(OCCCc1ccncc1)C1(c2ccc(F)cc2)CCC1. The van der Waals surface area contributed by atoms with Crippen LogP contribution in [-0.4, -0.2) is 17.6 Å². The quantitative estimate of drug-likeness (QED) is 0.601. The van der Waals surface area contributed by atoms with Gasteiger partial charge >= 0.3 is 5.97 Å². The molecule has 2 aromatic rings. The van der Waals surface area contributed by atoms with Crippen LogP contribution in [0.4, 0.5) is 4.39 Å². The molecular formula is C19H20FNO2. The van der Waals surface area contributed by atoms with Crippen LogP contribution in [0, 0.1) is 5.82 Å². The Morgan fingerprint density at radius 1 is 1.13 bits per heavy atom. The molecule has 1 fully saturated rings. The number of pyridine rings is 1. The average molecular weight is 313 g/mol. The van der Waals surface area contributed by atoms with Crippen LogP contribution < -0.4 is 0 Å². The lowest BCUT2D eigenvalue weighted by atomic mass is 9.64. The van der Waals surface area contributed by atoms with Gasteiger partial charge < -0.3 is 4.74 Å². The second kappa shape index (κ2) is 6.90. The molecule has 1 heterocycles. The Morgan fingerprint density at radius 2 is 1.83 bits per heavy atom. The van der Waals surface area contributed by atoms with Gasteiger partial charge in [-0.25, -0.2) is 4.39 Å². The molecule has 0 saturated heterocycles. The van der Waals surface area contributed by atoms with E-state index in [9.17, 15) is 9.18 Å². The van der Waals surface area contributed by atoms with Crippen LogP contribution >= 0.6 is 0 Å². The molecule has 1 aliphatic carbocycles. The van der Waals surface area contributed by atoms with Crippen molar-refractivity contribution >= 4 is 5.97 Å². The number of carbonyl (C=O) groups is 1. The fourth-order valence-electron chi connectivity index (χ4n) is 3.04. The molecule has 4 heteroatoms. The number of halogens is 1. The van der Waals surface area contributed by atoms with Gasteiger partial charge in [0.05, 0.1) is 12.0 Å². The summed E-state index contributed by atoms with van der Waals surface area (Å²) in [6.45, 7) is 0.407. The fourth-order valence-corrected chi connectivity index (χ4v) is 3.04. The molecule has 0 spiro atoms. The van der Waals surface area contributed by atoms with E-state index >= 15 is 0 Å². The van der Waals surface area contributed by atoms with Gasteiger partial charge in [-0.3, -0.25) is 9.78 Å². The Hall–Kier alpha value is -2.23. The lowest BCUT2D eigenvalue weighted by Gasteiger charge is -2.39. The maximum absolute atomic E-state index is 13.1. The van der Waals surface area contributed by atoms with Gasteiger partial charge in [-0.15, -0.1) is 0 Å². The van der Waals surface area contributed by atoms with Crippen molar-refractivity contribution in [1.29, 1.82) is 0 Å². The van der Waals surface area contributed by atoms with E-state index in [2.05, 4.69) is 4.98 Å². The molecule has 3 rings (SSSR count). The number of ether oxygens (including phenoxy) is 1. The Morgan fingerprint density at radius 3 is 2.43 bits per heavy atom. The van der Waals surface area contributed by atoms with Crippen LogP contribution in [-0.2, 0) is 21.4 Å². The summed E-state index contributed by atoms with van der Waals surface area (Å²) in [6, 6.07) is 10.2. The minimum absolute atomic E-state index is 0.176. The summed E-state index contributed by atoms with van der Waals surface area (Å²) in [5, 5.41) is 0. The summed E-state index contributed by atoms with van der Waals surface area (Å²) in [7, 11) is 0. The normalized spacial score (nSPS) is 15.7. The molecule has 0 N–H and O–H groups in total. The molecule has 23 heavy (non-hydrogen) atoms. The van der Waals surface area contributed by atoms with Gasteiger partial charge in [0.25, 0.3) is 0 Å². The first-order valence-corrected chi connectivity index (χ1v) is 8.03. The van der Waals surface area contributed by atoms with Crippen LogP contribution in [0.3, 0.4) is 0 Å². The van der Waals surface area contributed by atoms with Crippen LogP contribution in [0.15, 0.2) is 48.8 Å². The number of esters is 1. The van der Waals surface area contributed by atoms with Gasteiger partial charge in [-0.05, 0) is 61.1 Å². The fraction of sp³-hybridized carbons (Fsp3) is 0.368. The zero-order chi connectivity index (χ0) is 16.1. The molecule has 1 aromatic carbocycles. The Bertz CT molecular complexity index is 651. The molecule has 0 aliphatic heterocycles. The lowest BCUT2D eigenvalue weighted by Crippen LogP contribution is -2.43. The molecule has 0 amide bonds. The highest BCUT2D eigenvalue weighted by atomic mass is 19.1. The number of carbonyl (C=O) groups excluding carboxylic acids is 1. The van der Waals surface area contributed by atoms with E-state index < -0.39 is 5.41 Å². The number of rotatable bonds is 6. The van der Waals surface area contributed by atoms with Gasteiger partial charge in [0, 0.05) is 12.4 Å². The average Bonchev–Trinajstić information content (AvgIpc) is 2.53. The first-order chi connectivity index (χ1) is 11.2. The molecule has 1 aliphatic rings. The Balaban J connectivity index is 1.55. The van der Waals surface area contributed by atoms with Gasteiger partial charge in [0.2, 0.25) is 0 Å². The number of hydrogen-bond acceptors (Lipinski definition) is 3. The minimum atomic E-state index is -0.565. The first-order valence-electron chi connectivity index (χ1n) is 8.03. The molecule has 1 aromatic heterocycles. The van der Waals surface area contributed by atoms with E-state index in [1.165, 1.54) is 17.7 Å². The van der Waals surface area contributed by atoms with Crippen LogP contribution in [0.5, 0.6) is 0 Å². The van der Waals surface area contributed by atoms with Gasteiger partial charge in [-0.2, -0.15) is 0 Å². The number of hydrogen-bond donors (Lipinski definition) is 0. The maximum Gasteiger partial charge on any atom is 0.316 e. The molecule has 1 saturated carbocycles. The van der Waals surface area contributed by atoms with Crippen molar-refractivity contribution < 1.29 is 13.9 Å². The van der Waals surface area contributed by atoms with Crippen LogP contribution in [0.2, 0.25) is 0 Å². The van der Waals surface area contributed by atoms with Gasteiger partial charge in [0.15, 0.2) is 0 Å². The maximum atomic E-state index is 13.1. The van der Waals surface area contributed by atoms with Crippen molar-refractivity contribution in [2.75, 3.05) is 6.61 Å². The van der Waals surface area contributed by atoms with Crippen molar-refractivity contribution in [1.82, 2.24) is 4.98 Å². The predicted octanol–water partition coefficient (Wildman–Crippen LogP) is 3.82. The third-order valence-electron chi connectivity index (χ3n) is 4.59. The summed E-state index contributed by atoms with van der Waals surface area (Å²) in [5.74, 6) is -0.459. The molecular weight excluding hydrogens is 293 g/mol. The molecule has 0 radical (unpaired) electrons. The van der Waals surface area contributed by atoms with Crippen LogP contribution in [0.1, 0.15) is 36.8 Å². The van der Waals surface area contributed by atoms with Crippen molar-refractivity contribution in [2.45, 2.75) is 37.5 Å². The van der Waals surface area contributed by atoms with E-state index in [1.54, 1.807) is 24.5 Å². The van der Waals surface area contributed by atoms with Gasteiger partial charge in [0.1, 0.15) is 5.82 Å². The molecule has 0 atom stereocenters. The minimum Gasteiger partial charge on any atom is -0.465 e. The zero-order valence-corrected chi connectivity index (χ0v) is 13.0. The Kier molecular flexibility index (Phi) is 4.70. The largest absolute Gasteiger partial charge is 0.465 e. The van der Waals surface area contributed by atoms with Crippen molar-refractivity contribution in [2.24, 2.45) is 0 Å². The third-order valence-corrected chi connectivity index (χ3v) is 4.59. The van der Waals surface area contributed by atoms with Crippen LogP contribution in [0.25, 0.3) is 0 Å². The first kappa shape index (κ1) is 15.7. The van der Waals surface area contributed by atoms with Crippen molar-refractivity contribution in [3.8, 4) is 0 Å². The smallest absolute Gasteiger partial charge is 0.316 e. The van der Waals surface area contributed by atoms with Crippen molar-refractivity contribution in [3.63, 3.8) is 0 Å². The van der Waals surface area contributed by atoms with E-state index in [0.717, 1.165) is 37.7 Å². The summed E-state index contributed by atoms with van der Waals surface area (Å²) in [5.41, 5.74) is 1.49. The highest BCUT2D eigenvalue weighted by molar-refractivity contribution is 5.84. The Labute approximate surface area is 135 Å². The highest BCUT2D eigenvalue weighted by Crippen LogP contribution is 2.44. The number of aryl methyl sites for hydroxylation is 1. The number of aromatic nitrogens is 1. The summed E-state index contributed by atoms with van der Waals surface area (Å²) in [6.07, 6.45) is 7.74. The van der Waals surface area contributed by atoms with E-state index in [0.29, 0.717) is 6.61 Å². The second-order valence-corrected chi connectivity index (χ2v) is 6.04. The standard InChI is InChI=1S/C19H20FNO2/c20-17-6-4-16(5-7-17)19(10-2-11-19)18(22)23-14-1-3-15-8-12-21-13-9-15/h4-9,12-13H,1-3,10-11,14H2. The summed E-state index contributed by atoms with van der Waals surface area (Å²) >= 11 is 0. The number of nitrogens with zero attached hydrogens (tertiary/aromatic N) is 1. The summed E-state index contributed by atoms with van der Waals surface area (Å²) < 4.78 is 18.6. The monoisotopic (exact) mass is 313 g/mol. The summed E-state index contributed by atoms with van der Waals surface area (Å²) in [4.78, 5) is 16.5. The third kappa shape index (κ3) is 3.41. The second-order valence-electron chi connectivity index (χ2n) is 6.04. The zero-order valence-electron chi connectivity index (χ0n) is 13.0. The molecule has 0 bridgehead atoms. The topological polar surface area (TPSA) is 39.2 Å². The predicted molar refractivity (Wildman–Crippen MR) is 85.4 cm³/mol. The van der Waals surface area contributed by atoms with E-state index in [1.807, 2.05) is 12.1 Å². The molecule has 3 nitrogen and oxygen atoms in total. The van der Waals surface area contributed by atoms with E-state index in [-0.39, 0.29) is 11.8 Å². The molecule has 120 valence electrons. The number of benzene rings is 1. The van der Waals surface area contributed by atoms with Crippen molar-refractivity contribution in [3.05, 3.63) is 65.7 Å². The highest BCUT2D eigenvalue weighted by Gasteiger charge is 2.47. The lowest BCUT2D eigenvalue weighted by molar-refractivity contribution is -0.154. The molecule has 0 unspecified atom stereocenters. The van der Waals surface area contributed by atoms with E-state index in [4.69, 9.17) is 4.74 Å².